The molecule has 0 bridgehead atoms. The lowest BCUT2D eigenvalue weighted by molar-refractivity contribution is -0.124. The van der Waals surface area contributed by atoms with Crippen molar-refractivity contribution < 1.29 is 17.9 Å². The first-order valence-corrected chi connectivity index (χ1v) is 9.90. The Kier molecular flexibility index (Phi) is 4.66. The van der Waals surface area contributed by atoms with Gasteiger partial charge in [-0.25, -0.2) is 8.42 Å². The number of hydrogen-bond acceptors (Lipinski definition) is 4. The molecule has 0 unspecified atom stereocenters. The summed E-state index contributed by atoms with van der Waals surface area (Å²) in [5, 5.41) is 2.79. The third-order valence-electron chi connectivity index (χ3n) is 4.33. The number of ether oxygens (including phenoxy) is 1. The number of carbonyl (C=O) groups is 1. The minimum absolute atomic E-state index is 0.175. The van der Waals surface area contributed by atoms with Crippen LogP contribution in [0.1, 0.15) is 26.3 Å². The molecule has 0 aliphatic carbocycles. The molecule has 2 aromatic carbocycles. The molecular formula is C19H22N2O4S. The fourth-order valence-electron chi connectivity index (χ4n) is 2.55. The van der Waals surface area contributed by atoms with Crippen molar-refractivity contribution in [3.8, 4) is 5.75 Å². The summed E-state index contributed by atoms with van der Waals surface area (Å²) in [7, 11) is -3.71. The maximum Gasteiger partial charge on any atom is 0.261 e. The monoisotopic (exact) mass is 374 g/mol. The summed E-state index contributed by atoms with van der Waals surface area (Å²) in [4.78, 5) is 12.4. The van der Waals surface area contributed by atoms with Crippen molar-refractivity contribution >= 4 is 27.3 Å². The molecule has 2 N–H and O–H groups in total. The molecule has 26 heavy (non-hydrogen) atoms. The van der Waals surface area contributed by atoms with Gasteiger partial charge in [0, 0.05) is 0 Å². The topological polar surface area (TPSA) is 84.5 Å². The van der Waals surface area contributed by atoms with Crippen LogP contribution in [0.15, 0.2) is 47.4 Å². The van der Waals surface area contributed by atoms with E-state index in [1.165, 1.54) is 0 Å². The van der Waals surface area contributed by atoms with Crippen molar-refractivity contribution in [3.05, 3.63) is 48.0 Å². The Bertz CT molecular complexity index is 935. The first kappa shape index (κ1) is 18.3. The lowest BCUT2D eigenvalue weighted by Gasteiger charge is -2.18. The summed E-state index contributed by atoms with van der Waals surface area (Å²) in [5.74, 6) is 0.339. The molecule has 0 atom stereocenters. The quantitative estimate of drug-likeness (QED) is 0.859. The number of benzene rings is 2. The van der Waals surface area contributed by atoms with Crippen LogP contribution in [-0.4, -0.2) is 20.9 Å². The van der Waals surface area contributed by atoms with Crippen LogP contribution >= 0.6 is 0 Å². The highest BCUT2D eigenvalue weighted by Crippen LogP contribution is 2.34. The van der Waals surface area contributed by atoms with Gasteiger partial charge in [-0.3, -0.25) is 9.52 Å². The average molecular weight is 374 g/mol. The van der Waals surface area contributed by atoms with Crippen molar-refractivity contribution in [1.29, 1.82) is 0 Å². The maximum absolute atomic E-state index is 12.6. The molecule has 0 spiro atoms. The smallest absolute Gasteiger partial charge is 0.261 e. The molecule has 1 aliphatic rings. The van der Waals surface area contributed by atoms with Crippen molar-refractivity contribution in [2.75, 3.05) is 16.6 Å². The zero-order chi connectivity index (χ0) is 18.9. The van der Waals surface area contributed by atoms with Gasteiger partial charge in [0.05, 0.1) is 21.7 Å². The molecule has 1 aliphatic heterocycles. The van der Waals surface area contributed by atoms with E-state index in [-0.39, 0.29) is 17.4 Å². The molecule has 1 amide bonds. The molecule has 3 rings (SSSR count). The fraction of sp³-hybridized carbons (Fsp3) is 0.316. The summed E-state index contributed by atoms with van der Waals surface area (Å²) in [6.07, 6.45) is 0.842. The standard InChI is InChI=1S/C19H22N2O4S/c1-4-13-5-8-15(9-6-13)26(23,24)21-14-7-10-17-16(11-14)20-18(22)19(2,3)12-25-17/h5-11,21H,4,12H2,1-3H3,(H,20,22). The molecule has 0 radical (unpaired) electrons. The molecule has 6 nitrogen and oxygen atoms in total. The highest BCUT2D eigenvalue weighted by atomic mass is 32.2. The highest BCUT2D eigenvalue weighted by molar-refractivity contribution is 7.92. The van der Waals surface area contributed by atoms with E-state index in [1.54, 1.807) is 56.3 Å². The Morgan fingerprint density at radius 2 is 1.85 bits per heavy atom. The third-order valence-corrected chi connectivity index (χ3v) is 5.72. The number of carbonyl (C=O) groups excluding carboxylic acids is 1. The molecule has 2 aromatic rings. The predicted molar refractivity (Wildman–Crippen MR) is 101 cm³/mol. The van der Waals surface area contributed by atoms with Crippen LogP contribution in [-0.2, 0) is 21.2 Å². The average Bonchev–Trinajstić information content (AvgIpc) is 2.71. The zero-order valence-corrected chi connectivity index (χ0v) is 15.8. The molecule has 0 saturated carbocycles. The van der Waals surface area contributed by atoms with Crippen molar-refractivity contribution in [2.24, 2.45) is 5.41 Å². The normalized spacial score (nSPS) is 16.0. The van der Waals surface area contributed by atoms with E-state index in [0.717, 1.165) is 12.0 Å². The van der Waals surface area contributed by atoms with Crippen LogP contribution in [0.25, 0.3) is 0 Å². The molecule has 1 heterocycles. The first-order chi connectivity index (χ1) is 12.2. The van der Waals surface area contributed by atoms with Gasteiger partial charge in [-0.2, -0.15) is 0 Å². The number of rotatable bonds is 4. The molecule has 0 fully saturated rings. The molecule has 0 aromatic heterocycles. The predicted octanol–water partition coefficient (Wildman–Crippen LogP) is 3.41. The summed E-state index contributed by atoms with van der Waals surface area (Å²) >= 11 is 0. The third kappa shape index (κ3) is 3.67. The van der Waals surface area contributed by atoms with Crippen LogP contribution in [0.2, 0.25) is 0 Å². The van der Waals surface area contributed by atoms with E-state index in [4.69, 9.17) is 4.74 Å². The lowest BCUT2D eigenvalue weighted by Crippen LogP contribution is -2.33. The van der Waals surface area contributed by atoms with Gasteiger partial charge in [0.25, 0.3) is 10.0 Å². The number of fused-ring (bicyclic) bond motifs is 1. The molecule has 138 valence electrons. The number of hydrogen-bond donors (Lipinski definition) is 2. The number of sulfonamides is 1. The minimum atomic E-state index is -3.71. The Morgan fingerprint density at radius 1 is 1.15 bits per heavy atom. The lowest BCUT2D eigenvalue weighted by atomic mass is 9.94. The largest absolute Gasteiger partial charge is 0.490 e. The van der Waals surface area contributed by atoms with Crippen LogP contribution in [0.5, 0.6) is 5.75 Å². The van der Waals surface area contributed by atoms with Crippen molar-refractivity contribution in [2.45, 2.75) is 32.1 Å². The van der Waals surface area contributed by atoms with E-state index >= 15 is 0 Å². The van der Waals surface area contributed by atoms with Crippen LogP contribution in [0.3, 0.4) is 0 Å². The second-order valence-corrected chi connectivity index (χ2v) is 8.62. The first-order valence-electron chi connectivity index (χ1n) is 8.41. The number of nitrogens with one attached hydrogen (secondary N) is 2. The summed E-state index contributed by atoms with van der Waals surface area (Å²) in [5.41, 5.74) is 1.20. The molecular weight excluding hydrogens is 352 g/mol. The minimum Gasteiger partial charge on any atom is -0.490 e. The SMILES string of the molecule is CCc1ccc(S(=O)(=O)Nc2ccc3c(c2)NC(=O)C(C)(C)CO3)cc1. The van der Waals surface area contributed by atoms with Gasteiger partial charge in [-0.15, -0.1) is 0 Å². The highest BCUT2D eigenvalue weighted by Gasteiger charge is 2.32. The van der Waals surface area contributed by atoms with E-state index < -0.39 is 15.4 Å². The van der Waals surface area contributed by atoms with E-state index in [2.05, 4.69) is 10.0 Å². The summed E-state index contributed by atoms with van der Waals surface area (Å²) < 4.78 is 33.4. The van der Waals surface area contributed by atoms with Crippen molar-refractivity contribution in [3.63, 3.8) is 0 Å². The van der Waals surface area contributed by atoms with Gasteiger partial charge in [0.2, 0.25) is 5.91 Å². The van der Waals surface area contributed by atoms with Gasteiger partial charge < -0.3 is 10.1 Å². The van der Waals surface area contributed by atoms with Crippen molar-refractivity contribution in [1.82, 2.24) is 0 Å². The maximum atomic E-state index is 12.6. The Balaban J connectivity index is 1.86. The van der Waals surface area contributed by atoms with E-state index in [0.29, 0.717) is 17.1 Å². The van der Waals surface area contributed by atoms with Crippen LogP contribution in [0.4, 0.5) is 11.4 Å². The number of aryl methyl sites for hydroxylation is 1. The Hall–Kier alpha value is -2.54. The second-order valence-electron chi connectivity index (χ2n) is 6.94. The van der Waals surface area contributed by atoms with E-state index in [1.807, 2.05) is 6.92 Å². The molecule has 7 heteroatoms. The summed E-state index contributed by atoms with van der Waals surface area (Å²) in [6.45, 7) is 5.84. The Labute approximate surface area is 153 Å². The van der Waals surface area contributed by atoms with Gasteiger partial charge in [0.1, 0.15) is 12.4 Å². The fourth-order valence-corrected chi connectivity index (χ4v) is 3.60. The number of anilines is 2. The second kappa shape index (κ2) is 6.64. The zero-order valence-electron chi connectivity index (χ0n) is 15.0. The van der Waals surface area contributed by atoms with Gasteiger partial charge in [-0.05, 0) is 56.2 Å². The Morgan fingerprint density at radius 3 is 2.50 bits per heavy atom. The summed E-state index contributed by atoms with van der Waals surface area (Å²) in [6, 6.07) is 11.6. The van der Waals surface area contributed by atoms with Gasteiger partial charge in [-0.1, -0.05) is 19.1 Å². The van der Waals surface area contributed by atoms with Crippen LogP contribution in [0, 0.1) is 5.41 Å². The van der Waals surface area contributed by atoms with Gasteiger partial charge in [0.15, 0.2) is 0 Å². The van der Waals surface area contributed by atoms with E-state index in [9.17, 15) is 13.2 Å². The molecule has 0 saturated heterocycles. The van der Waals surface area contributed by atoms with Gasteiger partial charge >= 0.3 is 0 Å². The number of amides is 1. The van der Waals surface area contributed by atoms with Crippen LogP contribution < -0.4 is 14.8 Å².